The van der Waals surface area contributed by atoms with E-state index >= 15 is 0 Å². The topological polar surface area (TPSA) is 63.7 Å². The molecule has 25 heavy (non-hydrogen) atoms. The molecule has 7 heteroatoms. The van der Waals surface area contributed by atoms with Crippen LogP contribution in [0.2, 0.25) is 0 Å². The first-order chi connectivity index (χ1) is 11.8. The number of nitrogens with zero attached hydrogens (tertiary/aromatic N) is 3. The fourth-order valence-electron chi connectivity index (χ4n) is 2.56. The summed E-state index contributed by atoms with van der Waals surface area (Å²) in [4.78, 5) is 15.1. The number of pyridine rings is 1. The van der Waals surface area contributed by atoms with Gasteiger partial charge in [-0.3, -0.25) is 9.10 Å². The Balaban J connectivity index is 2.06. The Morgan fingerprint density at radius 1 is 1.04 bits per heavy atom. The average molecular weight is 353 g/mol. The van der Waals surface area contributed by atoms with Gasteiger partial charge >= 0.3 is 0 Å². The minimum absolute atomic E-state index is 0.114. The molecule has 0 saturated carbocycles. The highest BCUT2D eigenvalue weighted by molar-refractivity contribution is 7.92. The van der Waals surface area contributed by atoms with Crippen molar-refractivity contribution in [2.24, 2.45) is 7.05 Å². The first kappa shape index (κ1) is 16.7. The Morgan fingerprint density at radius 3 is 2.36 bits per heavy atom. The smallest absolute Gasteiger partial charge is 0.263 e. The lowest BCUT2D eigenvalue weighted by Gasteiger charge is -2.20. The highest BCUT2D eigenvalue weighted by Crippen LogP contribution is 2.26. The summed E-state index contributed by atoms with van der Waals surface area (Å²) in [7, 11) is -0.598. The summed E-state index contributed by atoms with van der Waals surface area (Å²) in [5.41, 5.74) is 1.47. The zero-order valence-corrected chi connectivity index (χ0v) is 14.5. The highest BCUT2D eigenvalue weighted by atomic mass is 32.2. The zero-order valence-electron chi connectivity index (χ0n) is 13.7. The molecular weight excluding hydrogens is 338 g/mol. The monoisotopic (exact) mass is 353 g/mol. The largest absolute Gasteiger partial charge is 0.311 e. The lowest BCUT2D eigenvalue weighted by atomic mass is 10.2. The van der Waals surface area contributed by atoms with Crippen molar-refractivity contribution in [3.63, 3.8) is 0 Å². The Bertz CT molecular complexity index is 1160. The van der Waals surface area contributed by atoms with Gasteiger partial charge in [0.2, 0.25) is 0 Å². The number of aryl methyl sites for hydroxylation is 1. The molecule has 6 nitrogen and oxygen atoms in total. The van der Waals surface area contributed by atoms with E-state index < -0.39 is 10.0 Å². The third kappa shape index (κ3) is 2.88. The fourth-order valence-corrected chi connectivity index (χ4v) is 3.75. The van der Waals surface area contributed by atoms with Gasteiger partial charge in [0.25, 0.3) is 15.6 Å². The van der Waals surface area contributed by atoms with E-state index in [1.807, 2.05) is 0 Å². The highest BCUT2D eigenvalue weighted by Gasteiger charge is 2.21. The molecule has 1 heterocycles. The Hall–Kier alpha value is -3.11. The zero-order chi connectivity index (χ0) is 18.2. The van der Waals surface area contributed by atoms with Gasteiger partial charge in [0.05, 0.1) is 22.7 Å². The number of fused-ring (bicyclic) bond motifs is 1. The maximum Gasteiger partial charge on any atom is 0.263 e. The van der Waals surface area contributed by atoms with Gasteiger partial charge in [-0.25, -0.2) is 13.3 Å². The number of hydrogen-bond acceptors (Lipinski definition) is 3. The second-order valence-electron chi connectivity index (χ2n) is 5.55. The number of hydrogen-bond donors (Lipinski definition) is 0. The van der Waals surface area contributed by atoms with Crippen LogP contribution in [0.3, 0.4) is 0 Å². The van der Waals surface area contributed by atoms with Crippen molar-refractivity contribution in [3.05, 3.63) is 76.4 Å². The van der Waals surface area contributed by atoms with Crippen LogP contribution in [0.4, 0.5) is 11.4 Å². The van der Waals surface area contributed by atoms with E-state index in [2.05, 4.69) is 4.85 Å². The normalized spacial score (nSPS) is 11.2. The van der Waals surface area contributed by atoms with Crippen molar-refractivity contribution in [2.75, 3.05) is 11.4 Å². The first-order valence-corrected chi connectivity index (χ1v) is 8.85. The van der Waals surface area contributed by atoms with E-state index in [1.54, 1.807) is 31.3 Å². The molecule has 0 atom stereocenters. The van der Waals surface area contributed by atoms with Crippen LogP contribution >= 0.6 is 0 Å². The van der Waals surface area contributed by atoms with Gasteiger partial charge in [0.1, 0.15) is 0 Å². The molecule has 3 rings (SSSR count). The Labute approximate surface area is 145 Å². The van der Waals surface area contributed by atoms with Crippen LogP contribution in [0.15, 0.2) is 64.3 Å². The van der Waals surface area contributed by atoms with Crippen LogP contribution in [0.25, 0.3) is 15.7 Å². The van der Waals surface area contributed by atoms with E-state index in [-0.39, 0.29) is 10.5 Å². The predicted molar refractivity (Wildman–Crippen MR) is 97.5 cm³/mol. The summed E-state index contributed by atoms with van der Waals surface area (Å²) in [6, 6.07) is 14.0. The molecule has 0 aliphatic carbocycles. The van der Waals surface area contributed by atoms with Crippen LogP contribution < -0.4 is 9.86 Å². The van der Waals surface area contributed by atoms with Gasteiger partial charge in [-0.2, -0.15) is 0 Å². The summed E-state index contributed by atoms with van der Waals surface area (Å²) in [5.74, 6) is 0. The van der Waals surface area contributed by atoms with Crippen molar-refractivity contribution < 1.29 is 8.42 Å². The van der Waals surface area contributed by atoms with E-state index in [1.165, 1.54) is 46.3 Å². The molecule has 0 unspecified atom stereocenters. The Morgan fingerprint density at radius 2 is 1.72 bits per heavy atom. The second-order valence-corrected chi connectivity index (χ2v) is 7.52. The minimum Gasteiger partial charge on any atom is -0.311 e. The molecule has 3 aromatic rings. The summed E-state index contributed by atoms with van der Waals surface area (Å²) in [6.45, 7) is 6.94. The predicted octanol–water partition coefficient (Wildman–Crippen LogP) is 2.91. The summed E-state index contributed by atoms with van der Waals surface area (Å²) < 4.78 is 28.3. The summed E-state index contributed by atoms with van der Waals surface area (Å²) in [5, 5.41) is 0.769. The van der Waals surface area contributed by atoms with Crippen LogP contribution in [0.1, 0.15) is 0 Å². The molecule has 0 aliphatic heterocycles. The molecule has 0 spiro atoms. The van der Waals surface area contributed by atoms with Gasteiger partial charge in [-0.05, 0) is 24.3 Å². The Kier molecular flexibility index (Phi) is 4.07. The van der Waals surface area contributed by atoms with E-state index in [0.29, 0.717) is 11.4 Å². The lowest BCUT2D eigenvalue weighted by molar-refractivity contribution is 0.594. The standard InChI is InChI=1S/C18H15N3O3S/c1-19-14-5-8-16(9-6-14)25(23,24)21(3)15-7-10-17-13(12-15)4-11-18(22)20(17)2/h4-12H,2-3H3. The van der Waals surface area contributed by atoms with Crippen LogP contribution in [0, 0.1) is 6.57 Å². The van der Waals surface area contributed by atoms with Gasteiger partial charge in [-0.15, -0.1) is 0 Å². The molecule has 0 N–H and O–H groups in total. The summed E-state index contributed by atoms with van der Waals surface area (Å²) in [6.07, 6.45) is 0. The molecule has 0 radical (unpaired) electrons. The van der Waals surface area contributed by atoms with Crippen molar-refractivity contribution in [1.29, 1.82) is 0 Å². The molecule has 1 aromatic heterocycles. The van der Waals surface area contributed by atoms with Gasteiger partial charge in [-0.1, -0.05) is 24.3 Å². The van der Waals surface area contributed by atoms with Gasteiger partial charge in [0.15, 0.2) is 5.69 Å². The molecule has 0 saturated heterocycles. The van der Waals surface area contributed by atoms with Crippen LogP contribution in [-0.4, -0.2) is 20.0 Å². The number of sulfonamides is 1. The van der Waals surface area contributed by atoms with Gasteiger partial charge < -0.3 is 4.57 Å². The fraction of sp³-hybridized carbons (Fsp3) is 0.111. The number of aromatic nitrogens is 1. The molecule has 126 valence electrons. The summed E-state index contributed by atoms with van der Waals surface area (Å²) >= 11 is 0. The van der Waals surface area contributed by atoms with E-state index in [0.717, 1.165) is 10.9 Å². The van der Waals surface area contributed by atoms with E-state index in [9.17, 15) is 13.2 Å². The third-order valence-corrected chi connectivity index (χ3v) is 5.90. The first-order valence-electron chi connectivity index (χ1n) is 7.41. The molecule has 0 bridgehead atoms. The minimum atomic E-state index is -3.74. The SMILES string of the molecule is [C-]#[N+]c1ccc(S(=O)(=O)N(C)c2ccc3c(ccc(=O)n3C)c2)cc1. The van der Waals surface area contributed by atoms with Crippen LogP contribution in [-0.2, 0) is 17.1 Å². The van der Waals surface area contributed by atoms with Crippen molar-refractivity contribution in [3.8, 4) is 0 Å². The molecule has 0 amide bonds. The van der Waals surface area contributed by atoms with Gasteiger partial charge in [0, 0.05) is 25.5 Å². The molecule has 0 fully saturated rings. The van der Waals surface area contributed by atoms with Crippen molar-refractivity contribution in [1.82, 2.24) is 4.57 Å². The maximum absolute atomic E-state index is 12.8. The average Bonchev–Trinajstić information content (AvgIpc) is 2.64. The quantitative estimate of drug-likeness (QED) is 0.680. The second kappa shape index (κ2) is 6.07. The number of rotatable bonds is 3. The number of benzene rings is 2. The maximum atomic E-state index is 12.8. The molecule has 0 aliphatic rings. The van der Waals surface area contributed by atoms with Crippen LogP contribution in [0.5, 0.6) is 0 Å². The van der Waals surface area contributed by atoms with E-state index in [4.69, 9.17) is 6.57 Å². The number of anilines is 1. The lowest BCUT2D eigenvalue weighted by Crippen LogP contribution is -2.26. The van der Waals surface area contributed by atoms with Crippen molar-refractivity contribution in [2.45, 2.75) is 4.90 Å². The molecular formula is C18H15N3O3S. The molecule has 2 aromatic carbocycles. The van der Waals surface area contributed by atoms with Crippen molar-refractivity contribution >= 4 is 32.3 Å². The third-order valence-electron chi connectivity index (χ3n) is 4.10.